The Morgan fingerprint density at radius 3 is 2.52 bits per heavy atom. The average Bonchev–Trinajstić information content (AvgIpc) is 2.70. The zero-order valence-electron chi connectivity index (χ0n) is 16.1. The van der Waals surface area contributed by atoms with Crippen molar-refractivity contribution in [2.75, 3.05) is 49.1 Å². The van der Waals surface area contributed by atoms with Crippen molar-refractivity contribution in [3.63, 3.8) is 0 Å². The number of piperidine rings is 1. The first-order valence-corrected chi connectivity index (χ1v) is 9.75. The van der Waals surface area contributed by atoms with E-state index in [0.717, 1.165) is 62.2 Å². The number of aryl methyl sites for hydroxylation is 2. The van der Waals surface area contributed by atoms with E-state index in [0.29, 0.717) is 6.54 Å². The number of nitrogens with zero attached hydrogens (tertiary/aromatic N) is 6. The number of anilines is 2. The van der Waals surface area contributed by atoms with E-state index >= 15 is 0 Å². The minimum atomic E-state index is -0.373. The van der Waals surface area contributed by atoms with Crippen LogP contribution >= 0.6 is 0 Å². The van der Waals surface area contributed by atoms with E-state index in [1.807, 2.05) is 32.2 Å². The molecule has 0 aliphatic carbocycles. The van der Waals surface area contributed by atoms with Crippen LogP contribution in [0, 0.1) is 13.8 Å². The van der Waals surface area contributed by atoms with E-state index < -0.39 is 0 Å². The normalized spacial score (nSPS) is 24.3. The number of aliphatic hydroxyl groups is 1. The van der Waals surface area contributed by atoms with Crippen LogP contribution in [0.5, 0.6) is 0 Å². The lowest BCUT2D eigenvalue weighted by Crippen LogP contribution is -2.59. The van der Waals surface area contributed by atoms with Gasteiger partial charge in [0.1, 0.15) is 11.6 Å². The van der Waals surface area contributed by atoms with Gasteiger partial charge in [0.05, 0.1) is 17.5 Å². The minimum absolute atomic E-state index is 0.213. The third kappa shape index (κ3) is 3.89. The van der Waals surface area contributed by atoms with Gasteiger partial charge in [-0.05, 0) is 32.4 Å². The highest BCUT2D eigenvalue weighted by molar-refractivity contribution is 5.44. The van der Waals surface area contributed by atoms with Crippen molar-refractivity contribution in [1.29, 1.82) is 0 Å². The highest BCUT2D eigenvalue weighted by Crippen LogP contribution is 2.25. The second-order valence-corrected chi connectivity index (χ2v) is 7.50. The molecule has 0 radical (unpaired) electrons. The van der Waals surface area contributed by atoms with E-state index in [1.54, 1.807) is 6.20 Å². The van der Waals surface area contributed by atoms with Crippen LogP contribution in [0.3, 0.4) is 0 Å². The molecule has 2 atom stereocenters. The summed E-state index contributed by atoms with van der Waals surface area (Å²) in [7, 11) is 0. The summed E-state index contributed by atoms with van der Waals surface area (Å²) in [6, 6.07) is 6.26. The fourth-order valence-electron chi connectivity index (χ4n) is 4.19. The smallest absolute Gasteiger partial charge is 0.150 e. The topological polar surface area (TPSA) is 68.6 Å². The van der Waals surface area contributed by atoms with Crippen molar-refractivity contribution in [1.82, 2.24) is 19.9 Å². The van der Waals surface area contributed by atoms with Gasteiger partial charge >= 0.3 is 0 Å². The summed E-state index contributed by atoms with van der Waals surface area (Å²) in [4.78, 5) is 20.5. The van der Waals surface area contributed by atoms with Crippen LogP contribution in [0.15, 0.2) is 30.6 Å². The number of aromatic nitrogens is 3. The molecule has 2 aromatic rings. The third-order valence-corrected chi connectivity index (χ3v) is 5.65. The molecular weight excluding hydrogens is 340 g/mol. The van der Waals surface area contributed by atoms with Gasteiger partial charge in [-0.3, -0.25) is 9.88 Å². The van der Waals surface area contributed by atoms with Crippen molar-refractivity contribution in [3.05, 3.63) is 42.0 Å². The van der Waals surface area contributed by atoms with Gasteiger partial charge in [-0.15, -0.1) is 0 Å². The SMILES string of the molecule is Cc1cnc(C)c(N2CC[C@@H](N3CCN(c4ccccn4)CC3)[C@H](O)C2)n1. The van der Waals surface area contributed by atoms with Crippen LogP contribution in [-0.2, 0) is 0 Å². The Labute approximate surface area is 160 Å². The maximum Gasteiger partial charge on any atom is 0.150 e. The Bertz CT molecular complexity index is 762. The van der Waals surface area contributed by atoms with E-state index in [4.69, 9.17) is 0 Å². The lowest BCUT2D eigenvalue weighted by molar-refractivity contribution is 0.0336. The Balaban J connectivity index is 1.36. The molecule has 2 aliphatic rings. The molecule has 7 nitrogen and oxygen atoms in total. The monoisotopic (exact) mass is 368 g/mol. The summed E-state index contributed by atoms with van der Waals surface area (Å²) in [5, 5.41) is 10.8. The van der Waals surface area contributed by atoms with Crippen LogP contribution < -0.4 is 9.80 Å². The zero-order valence-corrected chi connectivity index (χ0v) is 16.1. The fourth-order valence-corrected chi connectivity index (χ4v) is 4.19. The van der Waals surface area contributed by atoms with Crippen molar-refractivity contribution < 1.29 is 5.11 Å². The minimum Gasteiger partial charge on any atom is -0.390 e. The molecular formula is C20H28N6O. The first kappa shape index (κ1) is 18.1. The second kappa shape index (κ2) is 7.78. The van der Waals surface area contributed by atoms with E-state index in [-0.39, 0.29) is 12.1 Å². The number of aliphatic hydroxyl groups excluding tert-OH is 1. The molecule has 1 N–H and O–H groups in total. The molecule has 2 fully saturated rings. The largest absolute Gasteiger partial charge is 0.390 e. The molecule has 4 rings (SSSR count). The van der Waals surface area contributed by atoms with Crippen molar-refractivity contribution in [2.24, 2.45) is 0 Å². The molecule has 0 saturated carbocycles. The van der Waals surface area contributed by atoms with Gasteiger partial charge < -0.3 is 14.9 Å². The Morgan fingerprint density at radius 2 is 1.81 bits per heavy atom. The van der Waals surface area contributed by atoms with Gasteiger partial charge in [-0.2, -0.15) is 0 Å². The Morgan fingerprint density at radius 1 is 1.00 bits per heavy atom. The summed E-state index contributed by atoms with van der Waals surface area (Å²) in [6.07, 6.45) is 4.21. The highest BCUT2D eigenvalue weighted by Gasteiger charge is 2.34. The zero-order chi connectivity index (χ0) is 18.8. The summed E-state index contributed by atoms with van der Waals surface area (Å²) >= 11 is 0. The lowest BCUT2D eigenvalue weighted by atomic mass is 9.99. The number of hydrogen-bond donors (Lipinski definition) is 1. The van der Waals surface area contributed by atoms with Gasteiger partial charge in [-0.1, -0.05) is 6.07 Å². The molecule has 0 bridgehead atoms. The summed E-state index contributed by atoms with van der Waals surface area (Å²) in [5.74, 6) is 1.95. The molecule has 144 valence electrons. The van der Waals surface area contributed by atoms with E-state index in [9.17, 15) is 5.11 Å². The molecule has 0 amide bonds. The molecule has 0 spiro atoms. The maximum atomic E-state index is 10.8. The number of rotatable bonds is 3. The molecule has 27 heavy (non-hydrogen) atoms. The highest BCUT2D eigenvalue weighted by atomic mass is 16.3. The molecule has 2 aromatic heterocycles. The molecule has 4 heterocycles. The lowest BCUT2D eigenvalue weighted by Gasteiger charge is -2.45. The van der Waals surface area contributed by atoms with Crippen molar-refractivity contribution in [2.45, 2.75) is 32.4 Å². The Kier molecular flexibility index (Phi) is 5.22. The third-order valence-electron chi connectivity index (χ3n) is 5.65. The summed E-state index contributed by atoms with van der Waals surface area (Å²) in [6.45, 7) is 9.28. The summed E-state index contributed by atoms with van der Waals surface area (Å²) in [5.41, 5.74) is 1.84. The number of piperazine rings is 1. The molecule has 0 aromatic carbocycles. The average molecular weight is 368 g/mol. The van der Waals surface area contributed by atoms with Gasteiger partial charge in [0, 0.05) is 57.7 Å². The van der Waals surface area contributed by atoms with Crippen molar-refractivity contribution in [3.8, 4) is 0 Å². The second-order valence-electron chi connectivity index (χ2n) is 7.50. The number of β-amino-alcohol motifs (C(OH)–C–C–N with tert-alkyl or cyclic N) is 1. The summed E-state index contributed by atoms with van der Waals surface area (Å²) < 4.78 is 0. The van der Waals surface area contributed by atoms with Gasteiger partial charge in [-0.25, -0.2) is 9.97 Å². The predicted octanol–water partition coefficient (Wildman–Crippen LogP) is 1.25. The number of hydrogen-bond acceptors (Lipinski definition) is 7. The van der Waals surface area contributed by atoms with Gasteiger partial charge in [0.2, 0.25) is 0 Å². The predicted molar refractivity (Wildman–Crippen MR) is 106 cm³/mol. The molecule has 2 saturated heterocycles. The fraction of sp³-hybridized carbons (Fsp3) is 0.550. The molecule has 0 unspecified atom stereocenters. The van der Waals surface area contributed by atoms with E-state index in [2.05, 4.69) is 35.7 Å². The first-order valence-electron chi connectivity index (χ1n) is 9.75. The van der Waals surface area contributed by atoms with Gasteiger partial charge in [0.15, 0.2) is 0 Å². The quantitative estimate of drug-likeness (QED) is 0.874. The van der Waals surface area contributed by atoms with Gasteiger partial charge in [0.25, 0.3) is 0 Å². The van der Waals surface area contributed by atoms with Crippen LogP contribution in [0.4, 0.5) is 11.6 Å². The van der Waals surface area contributed by atoms with Crippen LogP contribution in [0.25, 0.3) is 0 Å². The van der Waals surface area contributed by atoms with E-state index in [1.165, 1.54) is 0 Å². The van der Waals surface area contributed by atoms with Crippen LogP contribution in [0.1, 0.15) is 17.8 Å². The first-order chi connectivity index (χ1) is 13.1. The maximum absolute atomic E-state index is 10.8. The van der Waals surface area contributed by atoms with Crippen LogP contribution in [-0.4, -0.2) is 76.4 Å². The number of pyridine rings is 1. The molecule has 7 heteroatoms. The molecule has 2 aliphatic heterocycles. The van der Waals surface area contributed by atoms with Crippen LogP contribution in [0.2, 0.25) is 0 Å². The Hall–Kier alpha value is -2.25. The standard InChI is InChI=1S/C20H28N6O/c1-15-13-22-16(2)20(23-15)26-8-6-17(18(27)14-26)24-9-11-25(12-10-24)19-5-3-4-7-21-19/h3-5,7,13,17-18,27H,6,8-12,14H2,1-2H3/t17-,18-/m1/s1. The van der Waals surface area contributed by atoms with Crippen molar-refractivity contribution >= 4 is 11.6 Å².